The topological polar surface area (TPSA) is 29.9 Å². The average Bonchev–Trinajstić information content (AvgIpc) is 3.08. The summed E-state index contributed by atoms with van der Waals surface area (Å²) in [6, 6.07) is 21.3. The summed E-state index contributed by atoms with van der Waals surface area (Å²) in [4.78, 5) is 4.42. The number of furan rings is 1. The number of fused-ring (bicyclic) bond motifs is 3. The highest BCUT2D eigenvalue weighted by molar-refractivity contribution is 6.09. The van der Waals surface area contributed by atoms with E-state index in [1.807, 2.05) is 6.07 Å². The molecule has 136 valence electrons. The first-order chi connectivity index (χ1) is 13.6. The van der Waals surface area contributed by atoms with Crippen LogP contribution in [-0.2, 0) is 7.05 Å². The highest BCUT2D eigenvalue weighted by Gasteiger charge is 2.24. The fraction of sp³-hybridized carbons (Fsp3) is 0.120. The fourth-order valence-electron chi connectivity index (χ4n) is 3.96. The molecule has 3 heterocycles. The van der Waals surface area contributed by atoms with E-state index < -0.39 is 0 Å². The summed E-state index contributed by atoms with van der Waals surface area (Å²) in [7, 11) is 2.09. The normalized spacial score (nSPS) is 11.4. The van der Waals surface area contributed by atoms with Crippen molar-refractivity contribution in [3.8, 4) is 22.4 Å². The van der Waals surface area contributed by atoms with E-state index >= 15 is 0 Å². The molecule has 3 nitrogen and oxygen atoms in total. The summed E-state index contributed by atoms with van der Waals surface area (Å²) in [5.74, 6) is 0. The van der Waals surface area contributed by atoms with E-state index in [-0.39, 0.29) is 0 Å². The van der Waals surface area contributed by atoms with Gasteiger partial charge in [0.05, 0.1) is 11.1 Å². The second-order valence-corrected chi connectivity index (χ2v) is 7.34. The van der Waals surface area contributed by atoms with Crippen molar-refractivity contribution in [2.24, 2.45) is 7.05 Å². The number of aryl methyl sites for hydroxylation is 3. The van der Waals surface area contributed by atoms with Crippen LogP contribution in [0.3, 0.4) is 0 Å². The minimum absolute atomic E-state index is 0.680. The highest BCUT2D eigenvalue weighted by atomic mass is 16.3. The predicted molar refractivity (Wildman–Crippen MR) is 113 cm³/mol. The fourth-order valence-corrected chi connectivity index (χ4v) is 3.96. The average molecular weight is 365 g/mol. The van der Waals surface area contributed by atoms with Crippen molar-refractivity contribution in [2.45, 2.75) is 13.8 Å². The molecule has 3 heteroatoms. The molecule has 0 saturated carbocycles. The summed E-state index contributed by atoms with van der Waals surface area (Å²) in [5, 5.41) is 2.15. The van der Waals surface area contributed by atoms with E-state index in [1.54, 1.807) is 6.20 Å². The Hall–Kier alpha value is -3.46. The van der Waals surface area contributed by atoms with Gasteiger partial charge in [0, 0.05) is 23.0 Å². The number of benzene rings is 2. The third-order valence-corrected chi connectivity index (χ3v) is 5.41. The molecule has 0 unspecified atom stereocenters. The van der Waals surface area contributed by atoms with Crippen molar-refractivity contribution in [1.82, 2.24) is 4.98 Å². The van der Waals surface area contributed by atoms with Gasteiger partial charge in [-0.2, -0.15) is 0 Å². The number of pyridine rings is 2. The van der Waals surface area contributed by atoms with E-state index in [0.29, 0.717) is 5.71 Å². The lowest BCUT2D eigenvalue weighted by Crippen LogP contribution is -2.31. The number of hydrogen-bond acceptors (Lipinski definition) is 2. The van der Waals surface area contributed by atoms with Gasteiger partial charge in [-0.3, -0.25) is 0 Å². The molecule has 0 aliphatic carbocycles. The molecule has 0 radical (unpaired) electrons. The number of aromatic nitrogens is 2. The zero-order chi connectivity index (χ0) is 19.3. The second-order valence-electron chi connectivity index (χ2n) is 7.34. The molecular formula is C25H21N2O+. The van der Waals surface area contributed by atoms with Gasteiger partial charge in [-0.15, -0.1) is 0 Å². The Kier molecular flexibility index (Phi) is 3.76. The van der Waals surface area contributed by atoms with Crippen molar-refractivity contribution in [1.29, 1.82) is 0 Å². The van der Waals surface area contributed by atoms with Crippen LogP contribution in [0.2, 0.25) is 0 Å². The van der Waals surface area contributed by atoms with Gasteiger partial charge in [-0.05, 0) is 43.2 Å². The van der Waals surface area contributed by atoms with Gasteiger partial charge >= 0.3 is 0 Å². The summed E-state index contributed by atoms with van der Waals surface area (Å²) in [6.45, 7) is 4.25. The van der Waals surface area contributed by atoms with E-state index in [4.69, 9.17) is 4.42 Å². The quantitative estimate of drug-likeness (QED) is 0.373. The summed E-state index contributed by atoms with van der Waals surface area (Å²) in [6.07, 6.45) is 3.86. The molecule has 0 N–H and O–H groups in total. The lowest BCUT2D eigenvalue weighted by molar-refractivity contribution is -0.659. The maximum Gasteiger partial charge on any atom is 0.227 e. The second kappa shape index (κ2) is 6.31. The Balaban J connectivity index is 1.88. The molecule has 5 rings (SSSR count). The Morgan fingerprint density at radius 1 is 0.857 bits per heavy atom. The van der Waals surface area contributed by atoms with Crippen LogP contribution in [0, 0.1) is 13.8 Å². The van der Waals surface area contributed by atoms with Crippen LogP contribution in [-0.4, -0.2) is 4.98 Å². The standard InChI is InChI=1S/C25H21N2O/c1-16-8-11-18(12-9-16)19-7-5-15-27(3)23(19)22-17(2)10-13-20-21-6-4-14-26-25(21)28-24(20)22/h4-15H,1-3H3/q+1. The van der Waals surface area contributed by atoms with Crippen LogP contribution in [0.15, 0.2) is 77.5 Å². The number of hydrogen-bond donors (Lipinski definition) is 0. The van der Waals surface area contributed by atoms with Crippen molar-refractivity contribution in [2.75, 3.05) is 0 Å². The Morgan fingerprint density at radius 3 is 2.50 bits per heavy atom. The van der Waals surface area contributed by atoms with E-state index in [2.05, 4.69) is 91.2 Å². The van der Waals surface area contributed by atoms with Gasteiger partial charge in [-0.25, -0.2) is 9.55 Å². The minimum Gasteiger partial charge on any atom is -0.437 e. The summed E-state index contributed by atoms with van der Waals surface area (Å²) >= 11 is 0. The van der Waals surface area contributed by atoms with Gasteiger partial charge in [0.2, 0.25) is 11.4 Å². The minimum atomic E-state index is 0.680. The first-order valence-corrected chi connectivity index (χ1v) is 9.46. The Bertz CT molecular complexity index is 1330. The highest BCUT2D eigenvalue weighted by Crippen LogP contribution is 2.39. The zero-order valence-electron chi connectivity index (χ0n) is 16.2. The van der Waals surface area contributed by atoms with E-state index in [0.717, 1.165) is 27.6 Å². The smallest absolute Gasteiger partial charge is 0.227 e. The molecule has 0 saturated heterocycles. The maximum absolute atomic E-state index is 6.26. The van der Waals surface area contributed by atoms with E-state index in [1.165, 1.54) is 22.3 Å². The third kappa shape index (κ3) is 2.51. The van der Waals surface area contributed by atoms with Gasteiger partial charge in [0.15, 0.2) is 11.8 Å². The van der Waals surface area contributed by atoms with Gasteiger partial charge < -0.3 is 4.42 Å². The molecule has 5 aromatic rings. The number of rotatable bonds is 2. The van der Waals surface area contributed by atoms with Crippen LogP contribution in [0.5, 0.6) is 0 Å². The molecule has 28 heavy (non-hydrogen) atoms. The molecule has 0 fully saturated rings. The predicted octanol–water partition coefficient (Wildman–Crippen LogP) is 5.76. The van der Waals surface area contributed by atoms with Crippen molar-refractivity contribution >= 4 is 22.1 Å². The summed E-state index contributed by atoms with van der Waals surface area (Å²) in [5.41, 5.74) is 8.66. The number of nitrogens with zero attached hydrogens (tertiary/aromatic N) is 2. The summed E-state index contributed by atoms with van der Waals surface area (Å²) < 4.78 is 8.44. The molecule has 0 aliphatic heterocycles. The molecule has 0 atom stereocenters. The Labute approximate surface area is 163 Å². The van der Waals surface area contributed by atoms with Crippen molar-refractivity contribution in [3.63, 3.8) is 0 Å². The first kappa shape index (κ1) is 16.7. The molecule has 0 aliphatic rings. The molecule has 0 amide bonds. The first-order valence-electron chi connectivity index (χ1n) is 9.46. The van der Waals surface area contributed by atoms with Gasteiger partial charge in [0.25, 0.3) is 0 Å². The monoisotopic (exact) mass is 365 g/mol. The van der Waals surface area contributed by atoms with Crippen molar-refractivity contribution in [3.05, 3.63) is 84.2 Å². The van der Waals surface area contributed by atoms with E-state index in [9.17, 15) is 0 Å². The lowest BCUT2D eigenvalue weighted by Gasteiger charge is -2.11. The third-order valence-electron chi connectivity index (χ3n) is 5.41. The zero-order valence-corrected chi connectivity index (χ0v) is 16.2. The van der Waals surface area contributed by atoms with Crippen LogP contribution in [0.4, 0.5) is 0 Å². The van der Waals surface area contributed by atoms with Crippen LogP contribution in [0.25, 0.3) is 44.5 Å². The molecule has 0 spiro atoms. The van der Waals surface area contributed by atoms with Gasteiger partial charge in [0.1, 0.15) is 7.05 Å². The molecular weight excluding hydrogens is 344 g/mol. The van der Waals surface area contributed by atoms with Crippen LogP contribution in [0.1, 0.15) is 11.1 Å². The van der Waals surface area contributed by atoms with Crippen LogP contribution >= 0.6 is 0 Å². The van der Waals surface area contributed by atoms with Gasteiger partial charge in [-0.1, -0.05) is 42.0 Å². The van der Waals surface area contributed by atoms with Crippen molar-refractivity contribution < 1.29 is 8.98 Å². The Morgan fingerprint density at radius 2 is 1.68 bits per heavy atom. The molecule has 0 bridgehead atoms. The van der Waals surface area contributed by atoms with Crippen LogP contribution < -0.4 is 4.57 Å². The lowest BCUT2D eigenvalue weighted by atomic mass is 9.94. The SMILES string of the molecule is Cc1ccc(-c2ccc[n+](C)c2-c2c(C)ccc3c2oc2ncccc23)cc1. The maximum atomic E-state index is 6.26. The largest absolute Gasteiger partial charge is 0.437 e. The molecule has 2 aromatic carbocycles. The molecule has 3 aromatic heterocycles.